The molecule has 0 radical (unpaired) electrons. The number of fused-ring (bicyclic) bond motifs is 1. The van der Waals surface area contributed by atoms with E-state index in [2.05, 4.69) is 10.2 Å². The first-order chi connectivity index (χ1) is 6.11. The lowest BCUT2D eigenvalue weighted by molar-refractivity contribution is 0.573. The lowest BCUT2D eigenvalue weighted by Gasteiger charge is -1.89. The maximum absolute atomic E-state index is 11.3. The molecule has 0 aromatic carbocycles. The van der Waals surface area contributed by atoms with Crippen LogP contribution in [0.5, 0.6) is 0 Å². The molecule has 1 N–H and O–H groups in total. The maximum atomic E-state index is 11.3. The van der Waals surface area contributed by atoms with Gasteiger partial charge in [0, 0.05) is 5.56 Å². The number of aromatic nitrogens is 2. The maximum Gasteiger partial charge on any atom is 0.275 e. The van der Waals surface area contributed by atoms with Gasteiger partial charge in [0.15, 0.2) is 10.7 Å². The number of rotatable bonds is 0. The van der Waals surface area contributed by atoms with Crippen molar-refractivity contribution in [2.75, 3.05) is 0 Å². The minimum atomic E-state index is -0.270. The molecule has 0 aliphatic carbocycles. The molecular formula is C8H7ClN2O2. The zero-order valence-electron chi connectivity index (χ0n) is 7.14. The van der Waals surface area contributed by atoms with Gasteiger partial charge in [-0.05, 0) is 13.8 Å². The smallest absolute Gasteiger partial charge is 0.275 e. The van der Waals surface area contributed by atoms with Crippen LogP contribution in [0.15, 0.2) is 9.21 Å². The first-order valence-corrected chi connectivity index (χ1v) is 4.13. The second-order valence-corrected chi connectivity index (χ2v) is 3.19. The Morgan fingerprint density at radius 1 is 1.46 bits per heavy atom. The van der Waals surface area contributed by atoms with Gasteiger partial charge in [-0.15, -0.1) is 0 Å². The molecule has 5 heteroatoms. The van der Waals surface area contributed by atoms with Crippen molar-refractivity contribution in [2.45, 2.75) is 13.8 Å². The number of furan rings is 1. The van der Waals surface area contributed by atoms with Crippen molar-refractivity contribution in [1.29, 1.82) is 0 Å². The predicted molar refractivity (Wildman–Crippen MR) is 49.1 cm³/mol. The van der Waals surface area contributed by atoms with Crippen LogP contribution in [0.4, 0.5) is 0 Å². The molecular weight excluding hydrogens is 192 g/mol. The largest absolute Gasteiger partial charge is 0.458 e. The van der Waals surface area contributed by atoms with Crippen molar-refractivity contribution in [3.63, 3.8) is 0 Å². The third kappa shape index (κ3) is 1.06. The lowest BCUT2D eigenvalue weighted by Crippen LogP contribution is -2.07. The SMILES string of the molecule is Cc1oc2c(Cl)n[nH]c(=O)c2c1C. The predicted octanol–water partition coefficient (Wildman–Crippen LogP) is 1.79. The first kappa shape index (κ1) is 8.31. The number of aromatic amines is 1. The molecule has 2 rings (SSSR count). The van der Waals surface area contributed by atoms with Crippen LogP contribution >= 0.6 is 11.6 Å². The summed E-state index contributed by atoms with van der Waals surface area (Å²) in [6, 6.07) is 0. The van der Waals surface area contributed by atoms with E-state index < -0.39 is 0 Å². The van der Waals surface area contributed by atoms with Gasteiger partial charge in [-0.1, -0.05) is 11.6 Å². The minimum absolute atomic E-state index is 0.186. The summed E-state index contributed by atoms with van der Waals surface area (Å²) in [4.78, 5) is 11.3. The molecule has 2 aromatic rings. The van der Waals surface area contributed by atoms with E-state index >= 15 is 0 Å². The van der Waals surface area contributed by atoms with Crippen molar-refractivity contribution in [2.24, 2.45) is 0 Å². The molecule has 0 atom stereocenters. The monoisotopic (exact) mass is 198 g/mol. The zero-order chi connectivity index (χ0) is 9.59. The highest BCUT2D eigenvalue weighted by molar-refractivity contribution is 6.33. The summed E-state index contributed by atoms with van der Waals surface area (Å²) in [6.07, 6.45) is 0. The highest BCUT2D eigenvalue weighted by atomic mass is 35.5. The van der Waals surface area contributed by atoms with Gasteiger partial charge in [0.05, 0.1) is 5.39 Å². The molecule has 2 aromatic heterocycles. The topological polar surface area (TPSA) is 58.9 Å². The Kier molecular flexibility index (Phi) is 1.66. The fraction of sp³-hybridized carbons (Fsp3) is 0.250. The van der Waals surface area contributed by atoms with E-state index in [9.17, 15) is 4.79 Å². The Morgan fingerprint density at radius 2 is 2.15 bits per heavy atom. The Hall–Kier alpha value is -1.29. The Morgan fingerprint density at radius 3 is 2.77 bits per heavy atom. The highest BCUT2D eigenvalue weighted by Gasteiger charge is 2.13. The number of hydrogen-bond acceptors (Lipinski definition) is 3. The van der Waals surface area contributed by atoms with E-state index in [1.54, 1.807) is 6.92 Å². The van der Waals surface area contributed by atoms with Gasteiger partial charge in [-0.3, -0.25) is 4.79 Å². The Bertz CT molecular complexity index is 527. The van der Waals surface area contributed by atoms with Crippen LogP contribution in [0, 0.1) is 13.8 Å². The van der Waals surface area contributed by atoms with Gasteiger partial charge in [-0.2, -0.15) is 5.10 Å². The van der Waals surface area contributed by atoms with Crippen LogP contribution in [-0.4, -0.2) is 10.2 Å². The van der Waals surface area contributed by atoms with Gasteiger partial charge < -0.3 is 4.42 Å². The molecule has 68 valence electrons. The number of aryl methyl sites for hydroxylation is 2. The molecule has 0 bridgehead atoms. The standard InChI is InChI=1S/C8H7ClN2O2/c1-3-4(2)13-6-5(3)8(12)11-10-7(6)9/h1-2H3,(H,11,12). The van der Waals surface area contributed by atoms with Crippen molar-refractivity contribution < 1.29 is 4.42 Å². The average Bonchev–Trinajstić information content (AvgIpc) is 2.38. The van der Waals surface area contributed by atoms with Gasteiger partial charge in [0.25, 0.3) is 5.56 Å². The Labute approximate surface area is 78.5 Å². The molecule has 0 aliphatic rings. The van der Waals surface area contributed by atoms with E-state index in [0.717, 1.165) is 5.56 Å². The van der Waals surface area contributed by atoms with Gasteiger partial charge in [-0.25, -0.2) is 5.10 Å². The van der Waals surface area contributed by atoms with Gasteiger partial charge in [0.2, 0.25) is 0 Å². The van der Waals surface area contributed by atoms with Crippen LogP contribution in [0.2, 0.25) is 5.15 Å². The average molecular weight is 199 g/mol. The number of hydrogen-bond donors (Lipinski definition) is 1. The normalized spacial score (nSPS) is 11.0. The van der Waals surface area contributed by atoms with Crippen LogP contribution < -0.4 is 5.56 Å². The third-order valence-electron chi connectivity index (χ3n) is 2.06. The quantitative estimate of drug-likeness (QED) is 0.702. The molecule has 0 fully saturated rings. The molecule has 0 amide bonds. The summed E-state index contributed by atoms with van der Waals surface area (Å²) in [5, 5.41) is 6.56. The van der Waals surface area contributed by atoms with Crippen molar-refractivity contribution in [3.05, 3.63) is 26.8 Å². The van der Waals surface area contributed by atoms with Crippen molar-refractivity contribution in [3.8, 4) is 0 Å². The molecule has 0 saturated heterocycles. The number of nitrogens with zero attached hydrogens (tertiary/aromatic N) is 1. The van der Waals surface area contributed by atoms with Gasteiger partial charge in [0.1, 0.15) is 5.76 Å². The van der Waals surface area contributed by atoms with Gasteiger partial charge >= 0.3 is 0 Å². The summed E-state index contributed by atoms with van der Waals surface area (Å²) in [6.45, 7) is 3.60. The summed E-state index contributed by atoms with van der Waals surface area (Å²) in [5.41, 5.74) is 0.898. The lowest BCUT2D eigenvalue weighted by atomic mass is 10.2. The molecule has 0 spiro atoms. The third-order valence-corrected chi connectivity index (χ3v) is 2.31. The number of halogens is 1. The summed E-state index contributed by atoms with van der Waals surface area (Å²) in [5.74, 6) is 0.690. The van der Waals surface area contributed by atoms with Crippen molar-refractivity contribution in [1.82, 2.24) is 10.2 Å². The first-order valence-electron chi connectivity index (χ1n) is 3.75. The second kappa shape index (κ2) is 2.60. The molecule has 0 aliphatic heterocycles. The van der Waals surface area contributed by atoms with Crippen LogP contribution in [0.3, 0.4) is 0 Å². The number of H-pyrrole nitrogens is 1. The molecule has 4 nitrogen and oxygen atoms in total. The van der Waals surface area contributed by atoms with E-state index in [4.69, 9.17) is 16.0 Å². The zero-order valence-corrected chi connectivity index (χ0v) is 7.90. The molecule has 13 heavy (non-hydrogen) atoms. The minimum Gasteiger partial charge on any atom is -0.458 e. The molecule has 2 heterocycles. The van der Waals surface area contributed by atoms with Crippen LogP contribution in [0.25, 0.3) is 11.0 Å². The summed E-state index contributed by atoms with van der Waals surface area (Å²) in [7, 11) is 0. The van der Waals surface area contributed by atoms with Crippen molar-refractivity contribution >= 4 is 22.6 Å². The molecule has 0 saturated carbocycles. The second-order valence-electron chi connectivity index (χ2n) is 2.83. The van der Waals surface area contributed by atoms with E-state index in [1.807, 2.05) is 6.92 Å². The fourth-order valence-corrected chi connectivity index (χ4v) is 1.43. The summed E-state index contributed by atoms with van der Waals surface area (Å²) < 4.78 is 5.30. The van der Waals surface area contributed by atoms with Crippen LogP contribution in [-0.2, 0) is 0 Å². The Balaban J connectivity index is 3.09. The van der Waals surface area contributed by atoms with E-state index in [-0.39, 0.29) is 10.7 Å². The fourth-order valence-electron chi connectivity index (χ4n) is 1.25. The van der Waals surface area contributed by atoms with E-state index in [0.29, 0.717) is 16.7 Å². The van der Waals surface area contributed by atoms with E-state index in [1.165, 1.54) is 0 Å². The highest BCUT2D eigenvalue weighted by Crippen LogP contribution is 2.25. The number of nitrogens with one attached hydrogen (secondary N) is 1. The molecule has 0 unspecified atom stereocenters. The summed E-state index contributed by atoms with van der Waals surface area (Å²) >= 11 is 5.74. The van der Waals surface area contributed by atoms with Crippen LogP contribution in [0.1, 0.15) is 11.3 Å².